The molecule has 124 valence electrons. The smallest absolute Gasteiger partial charge is 0.220 e. The molecule has 1 aromatic carbocycles. The molecule has 1 saturated carbocycles. The van der Waals surface area contributed by atoms with Crippen molar-refractivity contribution in [1.82, 2.24) is 5.32 Å². The van der Waals surface area contributed by atoms with Crippen LogP contribution in [0.4, 0.5) is 0 Å². The zero-order valence-electron chi connectivity index (χ0n) is 13.4. The van der Waals surface area contributed by atoms with Crippen LogP contribution in [0.15, 0.2) is 24.3 Å². The van der Waals surface area contributed by atoms with Crippen LogP contribution < -0.4 is 15.8 Å². The second-order valence-electron chi connectivity index (χ2n) is 6.08. The third-order valence-corrected chi connectivity index (χ3v) is 4.25. The van der Waals surface area contributed by atoms with Crippen molar-refractivity contribution < 1.29 is 9.53 Å². The largest absolute Gasteiger partial charge is 0.497 e. The van der Waals surface area contributed by atoms with E-state index < -0.39 is 0 Å². The Bertz CT molecular complexity index is 481. The van der Waals surface area contributed by atoms with E-state index in [-0.39, 0.29) is 30.4 Å². The molecule has 0 spiro atoms. The SMILES string of the molecule is COc1cccc(CC(C)NC(=O)C[C@@H]2CCC[C@H]2N)c1.Cl. The molecule has 1 amide bonds. The standard InChI is InChI=1S/C17H26N2O2.ClH/c1-12(9-13-5-3-7-15(10-13)21-2)19-17(20)11-14-6-4-8-16(14)18;/h3,5,7,10,12,14,16H,4,6,8-9,11,18H2,1-2H3,(H,19,20);1H/t12?,14-,16+;/m0./s1. The van der Waals surface area contributed by atoms with Crippen molar-refractivity contribution in [1.29, 1.82) is 0 Å². The predicted molar refractivity (Wildman–Crippen MR) is 91.5 cm³/mol. The number of nitrogens with two attached hydrogens (primary N) is 1. The molecule has 0 heterocycles. The second-order valence-corrected chi connectivity index (χ2v) is 6.08. The van der Waals surface area contributed by atoms with Gasteiger partial charge in [-0.15, -0.1) is 12.4 Å². The van der Waals surface area contributed by atoms with E-state index >= 15 is 0 Å². The van der Waals surface area contributed by atoms with Gasteiger partial charge in [-0.3, -0.25) is 4.79 Å². The molecule has 0 aliphatic heterocycles. The topological polar surface area (TPSA) is 64.3 Å². The van der Waals surface area contributed by atoms with Crippen LogP contribution in [-0.4, -0.2) is 25.1 Å². The molecule has 3 atom stereocenters. The molecule has 1 fully saturated rings. The fourth-order valence-electron chi connectivity index (χ4n) is 3.09. The maximum atomic E-state index is 12.1. The molecule has 1 aromatic rings. The first-order chi connectivity index (χ1) is 10.1. The predicted octanol–water partition coefficient (Wildman–Crippen LogP) is 2.68. The maximum absolute atomic E-state index is 12.1. The van der Waals surface area contributed by atoms with Crippen LogP contribution in [0.1, 0.15) is 38.2 Å². The number of methoxy groups -OCH3 is 1. The number of halogens is 1. The Kier molecular flexibility index (Phi) is 7.69. The Morgan fingerprint density at radius 2 is 2.23 bits per heavy atom. The van der Waals surface area contributed by atoms with Crippen molar-refractivity contribution >= 4 is 18.3 Å². The van der Waals surface area contributed by atoms with E-state index in [1.165, 1.54) is 5.56 Å². The summed E-state index contributed by atoms with van der Waals surface area (Å²) in [5, 5.41) is 3.08. The number of rotatable bonds is 6. The highest BCUT2D eigenvalue weighted by atomic mass is 35.5. The highest BCUT2D eigenvalue weighted by Crippen LogP contribution is 2.26. The van der Waals surface area contributed by atoms with Gasteiger partial charge in [-0.2, -0.15) is 0 Å². The van der Waals surface area contributed by atoms with Gasteiger partial charge >= 0.3 is 0 Å². The Balaban J connectivity index is 0.00000242. The van der Waals surface area contributed by atoms with Gasteiger partial charge in [0.05, 0.1) is 7.11 Å². The Hall–Kier alpha value is -1.26. The van der Waals surface area contributed by atoms with Crippen molar-refractivity contribution in [3.05, 3.63) is 29.8 Å². The summed E-state index contributed by atoms with van der Waals surface area (Å²) >= 11 is 0. The van der Waals surface area contributed by atoms with Crippen molar-refractivity contribution in [2.45, 2.75) is 51.1 Å². The number of benzene rings is 1. The zero-order valence-corrected chi connectivity index (χ0v) is 14.2. The van der Waals surface area contributed by atoms with E-state index in [0.29, 0.717) is 12.3 Å². The van der Waals surface area contributed by atoms with E-state index in [2.05, 4.69) is 11.4 Å². The van der Waals surface area contributed by atoms with E-state index in [1.807, 2.05) is 25.1 Å². The van der Waals surface area contributed by atoms with Crippen molar-refractivity contribution in [3.63, 3.8) is 0 Å². The van der Waals surface area contributed by atoms with Gasteiger partial charge in [0.15, 0.2) is 0 Å². The molecule has 0 bridgehead atoms. The molecule has 4 nitrogen and oxygen atoms in total. The molecule has 1 unspecified atom stereocenters. The van der Waals surface area contributed by atoms with Gasteiger partial charge in [-0.05, 0) is 49.8 Å². The van der Waals surface area contributed by atoms with Crippen LogP contribution in [0, 0.1) is 5.92 Å². The summed E-state index contributed by atoms with van der Waals surface area (Å²) in [4.78, 5) is 12.1. The number of hydrogen-bond acceptors (Lipinski definition) is 3. The molecular formula is C17H27ClN2O2. The van der Waals surface area contributed by atoms with Crippen LogP contribution in [-0.2, 0) is 11.2 Å². The summed E-state index contributed by atoms with van der Waals surface area (Å²) in [7, 11) is 1.66. The van der Waals surface area contributed by atoms with Crippen LogP contribution in [0.25, 0.3) is 0 Å². The molecular weight excluding hydrogens is 300 g/mol. The average Bonchev–Trinajstić information content (AvgIpc) is 2.84. The summed E-state index contributed by atoms with van der Waals surface area (Å²) in [6, 6.07) is 8.27. The maximum Gasteiger partial charge on any atom is 0.220 e. The number of nitrogens with one attached hydrogen (secondary N) is 1. The lowest BCUT2D eigenvalue weighted by molar-refractivity contribution is -0.122. The minimum atomic E-state index is 0. The lowest BCUT2D eigenvalue weighted by Crippen LogP contribution is -2.37. The Morgan fingerprint density at radius 1 is 1.45 bits per heavy atom. The molecule has 1 aliphatic rings. The average molecular weight is 327 g/mol. The van der Waals surface area contributed by atoms with Crippen molar-refractivity contribution in [2.75, 3.05) is 7.11 Å². The van der Waals surface area contributed by atoms with Crippen molar-refractivity contribution in [3.8, 4) is 5.75 Å². The Labute approximate surface area is 139 Å². The van der Waals surface area contributed by atoms with E-state index in [1.54, 1.807) is 7.11 Å². The lowest BCUT2D eigenvalue weighted by atomic mass is 9.99. The van der Waals surface area contributed by atoms with Gasteiger partial charge in [0.1, 0.15) is 5.75 Å². The molecule has 22 heavy (non-hydrogen) atoms. The van der Waals surface area contributed by atoms with Gasteiger partial charge in [0.25, 0.3) is 0 Å². The minimum absolute atomic E-state index is 0. The fourth-order valence-corrected chi connectivity index (χ4v) is 3.09. The van der Waals surface area contributed by atoms with Crippen LogP contribution in [0.2, 0.25) is 0 Å². The van der Waals surface area contributed by atoms with Crippen LogP contribution >= 0.6 is 12.4 Å². The van der Waals surface area contributed by atoms with E-state index in [9.17, 15) is 4.79 Å². The molecule has 0 radical (unpaired) electrons. The summed E-state index contributed by atoms with van der Waals surface area (Å²) in [5.74, 6) is 1.32. The quantitative estimate of drug-likeness (QED) is 0.844. The molecule has 5 heteroatoms. The lowest BCUT2D eigenvalue weighted by Gasteiger charge is -2.18. The highest BCUT2D eigenvalue weighted by Gasteiger charge is 2.26. The number of carbonyl (C=O) groups excluding carboxylic acids is 1. The number of hydrogen-bond donors (Lipinski definition) is 2. The normalized spacial score (nSPS) is 21.8. The molecule has 3 N–H and O–H groups in total. The van der Waals surface area contributed by atoms with Crippen LogP contribution in [0.5, 0.6) is 5.75 Å². The van der Waals surface area contributed by atoms with E-state index in [0.717, 1.165) is 31.4 Å². The first-order valence-corrected chi connectivity index (χ1v) is 7.76. The summed E-state index contributed by atoms with van der Waals surface area (Å²) in [5.41, 5.74) is 7.19. The molecule has 1 aliphatic carbocycles. The number of amides is 1. The third-order valence-electron chi connectivity index (χ3n) is 4.25. The summed E-state index contributed by atoms with van der Waals surface area (Å²) in [6.07, 6.45) is 4.65. The molecule has 2 rings (SSSR count). The molecule has 0 saturated heterocycles. The summed E-state index contributed by atoms with van der Waals surface area (Å²) < 4.78 is 5.22. The second kappa shape index (κ2) is 9.01. The number of ether oxygens (including phenoxy) is 1. The third kappa shape index (κ3) is 5.50. The molecule has 0 aromatic heterocycles. The fraction of sp³-hybridized carbons (Fsp3) is 0.588. The van der Waals surface area contributed by atoms with Gasteiger partial charge < -0.3 is 15.8 Å². The first kappa shape index (κ1) is 18.8. The van der Waals surface area contributed by atoms with Gasteiger partial charge in [0.2, 0.25) is 5.91 Å². The highest BCUT2D eigenvalue weighted by molar-refractivity contribution is 5.85. The zero-order chi connectivity index (χ0) is 15.2. The van der Waals surface area contributed by atoms with Gasteiger partial charge in [-0.1, -0.05) is 18.6 Å². The minimum Gasteiger partial charge on any atom is -0.497 e. The van der Waals surface area contributed by atoms with Gasteiger partial charge in [-0.25, -0.2) is 0 Å². The van der Waals surface area contributed by atoms with E-state index in [4.69, 9.17) is 10.5 Å². The first-order valence-electron chi connectivity index (χ1n) is 7.76. The van der Waals surface area contributed by atoms with Crippen molar-refractivity contribution in [2.24, 2.45) is 11.7 Å². The Morgan fingerprint density at radius 3 is 2.86 bits per heavy atom. The summed E-state index contributed by atoms with van der Waals surface area (Å²) in [6.45, 7) is 2.03. The van der Waals surface area contributed by atoms with Gasteiger partial charge in [0, 0.05) is 18.5 Å². The monoisotopic (exact) mass is 326 g/mol. The number of carbonyl (C=O) groups is 1. The van der Waals surface area contributed by atoms with Crippen LogP contribution in [0.3, 0.4) is 0 Å².